The van der Waals surface area contributed by atoms with E-state index < -0.39 is 0 Å². The molecule has 0 radical (unpaired) electrons. The van der Waals surface area contributed by atoms with Crippen molar-refractivity contribution in [2.45, 2.75) is 6.04 Å². The van der Waals surface area contributed by atoms with E-state index in [0.717, 1.165) is 5.56 Å². The van der Waals surface area contributed by atoms with Gasteiger partial charge in [-0.3, -0.25) is 0 Å². The van der Waals surface area contributed by atoms with Crippen molar-refractivity contribution in [3.05, 3.63) is 60.2 Å². The van der Waals surface area contributed by atoms with E-state index in [2.05, 4.69) is 0 Å². The second-order valence-corrected chi connectivity index (χ2v) is 3.66. The van der Waals surface area contributed by atoms with Crippen LogP contribution in [-0.4, -0.2) is 10.4 Å². The lowest BCUT2D eigenvalue weighted by molar-refractivity contribution is 0.618. The molecule has 2 rings (SSSR count). The van der Waals surface area contributed by atoms with Crippen molar-refractivity contribution in [3.8, 4) is 0 Å². The highest BCUT2D eigenvalue weighted by Crippen LogP contribution is 2.20. The van der Waals surface area contributed by atoms with Crippen LogP contribution in [0.4, 0.5) is 4.39 Å². The Kier molecular flexibility index (Phi) is 3.07. The van der Waals surface area contributed by atoms with Crippen molar-refractivity contribution in [3.63, 3.8) is 0 Å². The van der Waals surface area contributed by atoms with Crippen molar-refractivity contribution in [1.29, 1.82) is 0 Å². The zero-order chi connectivity index (χ0) is 10.7. The minimum atomic E-state index is -0.223. The molecule has 15 heavy (non-hydrogen) atoms. The minimum Gasteiger partial charge on any atom is -0.346 e. The van der Waals surface area contributed by atoms with Crippen LogP contribution in [0.5, 0.6) is 0 Å². The molecule has 78 valence electrons. The summed E-state index contributed by atoms with van der Waals surface area (Å²) in [5.41, 5.74) is 1.02. The number of halogens is 2. The fourth-order valence-corrected chi connectivity index (χ4v) is 1.92. The summed E-state index contributed by atoms with van der Waals surface area (Å²) in [6.07, 6.45) is 3.91. The average molecular weight is 224 g/mol. The van der Waals surface area contributed by atoms with Crippen molar-refractivity contribution in [2.75, 3.05) is 5.88 Å². The summed E-state index contributed by atoms with van der Waals surface area (Å²) in [4.78, 5) is 0. The third-order valence-electron chi connectivity index (χ3n) is 2.39. The molecule has 0 aliphatic carbocycles. The largest absolute Gasteiger partial charge is 0.346 e. The molecule has 1 unspecified atom stereocenters. The van der Waals surface area contributed by atoms with Crippen LogP contribution >= 0.6 is 11.6 Å². The summed E-state index contributed by atoms with van der Waals surface area (Å²) in [5.74, 6) is 0.250. The molecule has 1 heterocycles. The molecule has 1 atom stereocenters. The first kappa shape index (κ1) is 10.2. The van der Waals surface area contributed by atoms with Crippen LogP contribution in [0.3, 0.4) is 0 Å². The first-order valence-electron chi connectivity index (χ1n) is 4.75. The van der Waals surface area contributed by atoms with E-state index in [1.165, 1.54) is 12.1 Å². The van der Waals surface area contributed by atoms with Gasteiger partial charge in [-0.2, -0.15) is 0 Å². The Bertz CT molecular complexity index is 408. The van der Waals surface area contributed by atoms with Gasteiger partial charge >= 0.3 is 0 Å². The fraction of sp³-hybridized carbons (Fsp3) is 0.167. The molecule has 0 saturated carbocycles. The van der Waals surface area contributed by atoms with Gasteiger partial charge in [0.05, 0.1) is 6.04 Å². The molecule has 1 nitrogen and oxygen atoms in total. The van der Waals surface area contributed by atoms with E-state index in [9.17, 15) is 4.39 Å². The van der Waals surface area contributed by atoms with Crippen LogP contribution in [0.25, 0.3) is 0 Å². The molecule has 0 aliphatic rings. The van der Waals surface area contributed by atoms with Crippen molar-refractivity contribution < 1.29 is 4.39 Å². The zero-order valence-corrected chi connectivity index (χ0v) is 8.86. The van der Waals surface area contributed by atoms with Gasteiger partial charge in [-0.25, -0.2) is 4.39 Å². The summed E-state index contributed by atoms with van der Waals surface area (Å²) in [7, 11) is 0. The molecule has 0 saturated heterocycles. The number of aromatic nitrogens is 1. The Morgan fingerprint density at radius 3 is 2.27 bits per heavy atom. The highest BCUT2D eigenvalue weighted by molar-refractivity contribution is 6.18. The molecule has 1 aromatic heterocycles. The van der Waals surface area contributed by atoms with Gasteiger partial charge in [0.1, 0.15) is 5.82 Å². The maximum absolute atomic E-state index is 12.8. The third kappa shape index (κ3) is 2.21. The predicted molar refractivity (Wildman–Crippen MR) is 59.7 cm³/mol. The summed E-state index contributed by atoms with van der Waals surface area (Å²) >= 11 is 5.92. The molecule has 0 fully saturated rings. The lowest BCUT2D eigenvalue weighted by Gasteiger charge is -2.16. The van der Waals surface area contributed by atoms with Crippen molar-refractivity contribution in [1.82, 2.24) is 4.57 Å². The third-order valence-corrected chi connectivity index (χ3v) is 2.68. The average Bonchev–Trinajstić information content (AvgIpc) is 2.75. The first-order chi connectivity index (χ1) is 7.31. The van der Waals surface area contributed by atoms with Gasteiger partial charge in [0, 0.05) is 18.3 Å². The van der Waals surface area contributed by atoms with E-state index in [1.54, 1.807) is 12.1 Å². The number of rotatable bonds is 3. The second kappa shape index (κ2) is 4.49. The quantitative estimate of drug-likeness (QED) is 0.703. The molecular formula is C12H11ClFN. The van der Waals surface area contributed by atoms with Gasteiger partial charge in [-0.15, -0.1) is 11.6 Å². The topological polar surface area (TPSA) is 4.93 Å². The first-order valence-corrected chi connectivity index (χ1v) is 5.28. The standard InChI is InChI=1S/C12H11ClFN/c13-9-12(15-7-1-2-8-15)10-3-5-11(14)6-4-10/h1-8,12H,9H2. The van der Waals surface area contributed by atoms with E-state index in [4.69, 9.17) is 11.6 Å². The van der Waals surface area contributed by atoms with Crippen LogP contribution in [0.15, 0.2) is 48.8 Å². The summed E-state index contributed by atoms with van der Waals surface area (Å²) in [6.45, 7) is 0. The highest BCUT2D eigenvalue weighted by Gasteiger charge is 2.10. The minimum absolute atomic E-state index is 0.0715. The molecule has 0 N–H and O–H groups in total. The number of hydrogen-bond acceptors (Lipinski definition) is 0. The molecule has 0 bridgehead atoms. The van der Waals surface area contributed by atoms with Gasteiger partial charge in [-0.1, -0.05) is 12.1 Å². The summed E-state index contributed by atoms with van der Waals surface area (Å²) in [5, 5.41) is 0. The van der Waals surface area contributed by atoms with Crippen molar-refractivity contribution >= 4 is 11.6 Å². The Morgan fingerprint density at radius 1 is 1.13 bits per heavy atom. The molecule has 3 heteroatoms. The molecule has 0 spiro atoms. The molecule has 2 aromatic rings. The van der Waals surface area contributed by atoms with Crippen LogP contribution in [0.1, 0.15) is 11.6 Å². The molecule has 0 amide bonds. The normalized spacial score (nSPS) is 12.7. The smallest absolute Gasteiger partial charge is 0.123 e. The molecule has 1 aromatic carbocycles. The fourth-order valence-electron chi connectivity index (χ4n) is 1.58. The maximum Gasteiger partial charge on any atom is 0.123 e. The Labute approximate surface area is 93.1 Å². The highest BCUT2D eigenvalue weighted by atomic mass is 35.5. The Morgan fingerprint density at radius 2 is 1.73 bits per heavy atom. The summed E-state index contributed by atoms with van der Waals surface area (Å²) < 4.78 is 14.8. The molecular weight excluding hydrogens is 213 g/mol. The van der Waals surface area contributed by atoms with E-state index in [1.807, 2.05) is 29.1 Å². The van der Waals surface area contributed by atoms with E-state index in [-0.39, 0.29) is 11.9 Å². The number of nitrogens with zero attached hydrogens (tertiary/aromatic N) is 1. The Hall–Kier alpha value is -1.28. The SMILES string of the molecule is Fc1ccc(C(CCl)n2cccc2)cc1. The lowest BCUT2D eigenvalue weighted by atomic mass is 10.1. The van der Waals surface area contributed by atoms with Crippen molar-refractivity contribution in [2.24, 2.45) is 0 Å². The Balaban J connectivity index is 2.31. The zero-order valence-electron chi connectivity index (χ0n) is 8.11. The van der Waals surface area contributed by atoms with Gasteiger partial charge in [0.2, 0.25) is 0 Å². The van der Waals surface area contributed by atoms with Gasteiger partial charge in [-0.05, 0) is 29.8 Å². The predicted octanol–water partition coefficient (Wildman–Crippen LogP) is 3.46. The monoisotopic (exact) mass is 223 g/mol. The van der Waals surface area contributed by atoms with Crippen LogP contribution in [-0.2, 0) is 0 Å². The molecule has 0 aliphatic heterocycles. The van der Waals surface area contributed by atoms with Crippen LogP contribution in [0, 0.1) is 5.82 Å². The van der Waals surface area contributed by atoms with Crippen LogP contribution in [0.2, 0.25) is 0 Å². The summed E-state index contributed by atoms with van der Waals surface area (Å²) in [6, 6.07) is 10.4. The van der Waals surface area contributed by atoms with Crippen LogP contribution < -0.4 is 0 Å². The van der Waals surface area contributed by atoms with E-state index >= 15 is 0 Å². The van der Waals surface area contributed by atoms with Gasteiger partial charge < -0.3 is 4.57 Å². The van der Waals surface area contributed by atoms with Gasteiger partial charge in [0.25, 0.3) is 0 Å². The number of benzene rings is 1. The lowest BCUT2D eigenvalue weighted by Crippen LogP contribution is -2.10. The van der Waals surface area contributed by atoms with Gasteiger partial charge in [0.15, 0.2) is 0 Å². The second-order valence-electron chi connectivity index (χ2n) is 3.35. The van der Waals surface area contributed by atoms with E-state index in [0.29, 0.717) is 5.88 Å². The number of hydrogen-bond donors (Lipinski definition) is 0. The maximum atomic E-state index is 12.8. The number of alkyl halides is 1.